The summed E-state index contributed by atoms with van der Waals surface area (Å²) in [4.78, 5) is 4.72. The molecule has 1 unspecified atom stereocenters. The zero-order chi connectivity index (χ0) is 14.5. The second-order valence-electron chi connectivity index (χ2n) is 4.70. The Morgan fingerprint density at radius 2 is 2.20 bits per heavy atom. The Hall–Kier alpha value is -1.26. The van der Waals surface area contributed by atoms with Crippen molar-refractivity contribution < 1.29 is 9.47 Å². The zero-order valence-corrected chi connectivity index (χ0v) is 13.0. The van der Waals surface area contributed by atoms with Crippen molar-refractivity contribution in [1.82, 2.24) is 9.55 Å². The molecule has 0 aliphatic carbocycles. The first-order valence-corrected chi connectivity index (χ1v) is 7.43. The summed E-state index contributed by atoms with van der Waals surface area (Å²) >= 11 is 5.90. The predicted octanol–water partition coefficient (Wildman–Crippen LogP) is 3.42. The topological polar surface area (TPSA) is 36.3 Å². The number of hydrogen-bond donors (Lipinski definition) is 0. The van der Waals surface area contributed by atoms with E-state index in [0.717, 1.165) is 29.0 Å². The van der Waals surface area contributed by atoms with Gasteiger partial charge in [-0.2, -0.15) is 0 Å². The number of ether oxygens (including phenoxy) is 2. The van der Waals surface area contributed by atoms with Crippen molar-refractivity contribution in [2.45, 2.75) is 26.3 Å². The molecule has 4 nitrogen and oxygen atoms in total. The molecule has 0 aliphatic rings. The number of fused-ring (bicyclic) bond motifs is 1. The smallest absolute Gasteiger partial charge is 0.147 e. The van der Waals surface area contributed by atoms with Gasteiger partial charge in [0.2, 0.25) is 0 Å². The van der Waals surface area contributed by atoms with Gasteiger partial charge in [0, 0.05) is 19.4 Å². The van der Waals surface area contributed by atoms with Gasteiger partial charge in [-0.15, -0.1) is 11.6 Å². The van der Waals surface area contributed by atoms with Gasteiger partial charge in [-0.05, 0) is 26.0 Å². The Bertz CT molecular complexity index is 568. The quantitative estimate of drug-likeness (QED) is 0.735. The Morgan fingerprint density at radius 3 is 2.85 bits per heavy atom. The van der Waals surface area contributed by atoms with Crippen LogP contribution in [0.2, 0.25) is 0 Å². The maximum Gasteiger partial charge on any atom is 0.147 e. The van der Waals surface area contributed by atoms with Crippen molar-refractivity contribution in [3.8, 4) is 5.75 Å². The number of methoxy groups -OCH3 is 1. The van der Waals surface area contributed by atoms with E-state index in [2.05, 4.69) is 17.6 Å². The molecule has 2 rings (SSSR count). The number of halogens is 1. The van der Waals surface area contributed by atoms with E-state index in [-0.39, 0.29) is 6.04 Å². The predicted molar refractivity (Wildman–Crippen MR) is 81.9 cm³/mol. The molecule has 0 fully saturated rings. The van der Waals surface area contributed by atoms with Gasteiger partial charge in [0.1, 0.15) is 17.1 Å². The van der Waals surface area contributed by atoms with E-state index in [1.165, 1.54) is 0 Å². The summed E-state index contributed by atoms with van der Waals surface area (Å²) in [7, 11) is 1.71. The minimum Gasteiger partial charge on any atom is -0.492 e. The number of benzene rings is 1. The van der Waals surface area contributed by atoms with Crippen LogP contribution in [0.5, 0.6) is 5.75 Å². The fraction of sp³-hybridized carbons (Fsp3) is 0.533. The highest BCUT2D eigenvalue weighted by Crippen LogP contribution is 2.29. The number of nitrogens with zero attached hydrogens (tertiary/aromatic N) is 2. The van der Waals surface area contributed by atoms with Crippen molar-refractivity contribution in [2.24, 2.45) is 0 Å². The standard InChI is InChI=1S/C15H21ClN2O2/c1-4-20-13-7-5-6-12-15(13)17-14(8-9-16)18(12)11(2)10-19-3/h5-7,11H,4,8-10H2,1-3H3. The van der Waals surface area contributed by atoms with Crippen molar-refractivity contribution >= 4 is 22.6 Å². The molecule has 0 radical (unpaired) electrons. The number of aromatic nitrogens is 2. The van der Waals surface area contributed by atoms with Crippen LogP contribution in [0.1, 0.15) is 25.7 Å². The number of aryl methyl sites for hydroxylation is 1. The molecule has 0 amide bonds. The first-order valence-electron chi connectivity index (χ1n) is 6.90. The average Bonchev–Trinajstić information content (AvgIpc) is 2.79. The molecule has 1 atom stereocenters. The monoisotopic (exact) mass is 296 g/mol. The van der Waals surface area contributed by atoms with E-state index >= 15 is 0 Å². The summed E-state index contributed by atoms with van der Waals surface area (Å²) in [6, 6.07) is 6.22. The van der Waals surface area contributed by atoms with E-state index in [1.807, 2.05) is 19.1 Å². The normalized spacial score (nSPS) is 12.8. The molecule has 0 aliphatic heterocycles. The van der Waals surface area contributed by atoms with Gasteiger partial charge in [0.15, 0.2) is 0 Å². The number of para-hydroxylation sites is 1. The van der Waals surface area contributed by atoms with Crippen LogP contribution in [0.25, 0.3) is 11.0 Å². The van der Waals surface area contributed by atoms with E-state index in [0.29, 0.717) is 19.1 Å². The molecule has 0 bridgehead atoms. The third kappa shape index (κ3) is 2.91. The van der Waals surface area contributed by atoms with Crippen molar-refractivity contribution in [3.05, 3.63) is 24.0 Å². The van der Waals surface area contributed by atoms with Crippen LogP contribution >= 0.6 is 11.6 Å². The molecular formula is C15H21ClN2O2. The van der Waals surface area contributed by atoms with Crippen LogP contribution in [-0.2, 0) is 11.2 Å². The van der Waals surface area contributed by atoms with Gasteiger partial charge >= 0.3 is 0 Å². The van der Waals surface area contributed by atoms with Crippen LogP contribution in [0.15, 0.2) is 18.2 Å². The molecule has 20 heavy (non-hydrogen) atoms. The molecule has 1 aromatic heterocycles. The summed E-state index contributed by atoms with van der Waals surface area (Å²) < 4.78 is 13.1. The number of imidazole rings is 1. The highest BCUT2D eigenvalue weighted by Gasteiger charge is 2.17. The van der Waals surface area contributed by atoms with Crippen LogP contribution in [0, 0.1) is 0 Å². The summed E-state index contributed by atoms with van der Waals surface area (Å²) in [5.41, 5.74) is 1.97. The summed E-state index contributed by atoms with van der Waals surface area (Å²) in [6.45, 7) is 5.36. The highest BCUT2D eigenvalue weighted by atomic mass is 35.5. The first kappa shape index (κ1) is 15.1. The first-order chi connectivity index (χ1) is 9.72. The lowest BCUT2D eigenvalue weighted by molar-refractivity contribution is 0.162. The Balaban J connectivity index is 2.56. The molecule has 0 spiro atoms. The van der Waals surface area contributed by atoms with Gasteiger partial charge in [-0.25, -0.2) is 4.98 Å². The van der Waals surface area contributed by atoms with E-state index < -0.39 is 0 Å². The van der Waals surface area contributed by atoms with E-state index in [1.54, 1.807) is 7.11 Å². The maximum atomic E-state index is 5.90. The zero-order valence-electron chi connectivity index (χ0n) is 12.2. The van der Waals surface area contributed by atoms with Gasteiger partial charge in [-0.3, -0.25) is 0 Å². The minimum absolute atomic E-state index is 0.208. The van der Waals surface area contributed by atoms with Crippen molar-refractivity contribution in [2.75, 3.05) is 26.2 Å². The third-order valence-electron chi connectivity index (χ3n) is 3.22. The minimum atomic E-state index is 0.208. The highest BCUT2D eigenvalue weighted by molar-refractivity contribution is 6.17. The molecule has 5 heteroatoms. The average molecular weight is 297 g/mol. The molecular weight excluding hydrogens is 276 g/mol. The van der Waals surface area contributed by atoms with Crippen LogP contribution < -0.4 is 4.74 Å². The summed E-state index contributed by atoms with van der Waals surface area (Å²) in [6.07, 6.45) is 0.732. The van der Waals surface area contributed by atoms with Crippen LogP contribution in [-0.4, -0.2) is 35.8 Å². The Morgan fingerprint density at radius 1 is 1.40 bits per heavy atom. The lowest BCUT2D eigenvalue weighted by atomic mass is 10.2. The van der Waals surface area contributed by atoms with Crippen molar-refractivity contribution in [1.29, 1.82) is 0 Å². The SMILES string of the molecule is CCOc1cccc2c1nc(CCCl)n2C(C)COC. The van der Waals surface area contributed by atoms with Crippen LogP contribution in [0.3, 0.4) is 0 Å². The van der Waals surface area contributed by atoms with Gasteiger partial charge in [0.05, 0.1) is 24.8 Å². The molecule has 2 aromatic rings. The maximum absolute atomic E-state index is 5.90. The molecule has 0 N–H and O–H groups in total. The van der Waals surface area contributed by atoms with Crippen molar-refractivity contribution in [3.63, 3.8) is 0 Å². The largest absolute Gasteiger partial charge is 0.492 e. The number of alkyl halides is 1. The van der Waals surface area contributed by atoms with E-state index in [4.69, 9.17) is 26.1 Å². The second-order valence-corrected chi connectivity index (χ2v) is 5.08. The summed E-state index contributed by atoms with van der Waals surface area (Å²) in [5.74, 6) is 2.35. The third-order valence-corrected chi connectivity index (χ3v) is 3.41. The Kier molecular flexibility index (Phi) is 5.26. The fourth-order valence-electron chi connectivity index (χ4n) is 2.48. The molecule has 1 aromatic carbocycles. The molecule has 110 valence electrons. The second kappa shape index (κ2) is 6.95. The molecule has 1 heterocycles. The van der Waals surface area contributed by atoms with Gasteiger partial charge in [0.25, 0.3) is 0 Å². The fourth-order valence-corrected chi connectivity index (χ4v) is 2.65. The van der Waals surface area contributed by atoms with Gasteiger partial charge < -0.3 is 14.0 Å². The lowest BCUT2D eigenvalue weighted by Gasteiger charge is -2.16. The molecule has 0 saturated carbocycles. The van der Waals surface area contributed by atoms with Crippen LogP contribution in [0.4, 0.5) is 0 Å². The lowest BCUT2D eigenvalue weighted by Crippen LogP contribution is -2.14. The number of hydrogen-bond acceptors (Lipinski definition) is 3. The Labute approximate surface area is 124 Å². The van der Waals surface area contributed by atoms with E-state index in [9.17, 15) is 0 Å². The van der Waals surface area contributed by atoms with Gasteiger partial charge in [-0.1, -0.05) is 6.07 Å². The summed E-state index contributed by atoms with van der Waals surface area (Å²) in [5, 5.41) is 0. The molecule has 0 saturated heterocycles. The number of rotatable bonds is 7.